The first-order valence-electron chi connectivity index (χ1n) is 10.4. The van der Waals surface area contributed by atoms with Gasteiger partial charge in [0.05, 0.1) is 28.6 Å². The highest BCUT2D eigenvalue weighted by Gasteiger charge is 2.68. The zero-order chi connectivity index (χ0) is 24.4. The van der Waals surface area contributed by atoms with Crippen LogP contribution in [-0.4, -0.2) is 40.9 Å². The number of hydrogen-bond acceptors (Lipinski definition) is 5. The molecule has 7 nitrogen and oxygen atoms in total. The standard InChI is InChI=1S/C22H17F4N5O2S/c1-28-18(32)13-4-3-11(8-15(13)23)31-20(34)30(19-17(33-19)21(31)5-2-6-21)12-7-14(22(24,25)26)16(9-27)29-10-12/h3-4,7-8,10,17,19H,2,5-6H2,1H3,(H,28,32). The molecule has 2 aliphatic heterocycles. The van der Waals surface area contributed by atoms with E-state index in [0.717, 1.165) is 18.7 Å². The van der Waals surface area contributed by atoms with Gasteiger partial charge in [0.25, 0.3) is 5.91 Å². The molecule has 34 heavy (non-hydrogen) atoms. The first-order valence-corrected chi connectivity index (χ1v) is 10.8. The number of nitrogens with one attached hydrogen (secondary N) is 1. The first-order chi connectivity index (χ1) is 16.1. The molecule has 1 aromatic heterocycles. The second-order valence-electron chi connectivity index (χ2n) is 8.33. The van der Waals surface area contributed by atoms with Gasteiger partial charge in [-0.2, -0.15) is 18.4 Å². The van der Waals surface area contributed by atoms with Crippen molar-refractivity contribution in [2.24, 2.45) is 0 Å². The van der Waals surface area contributed by atoms with Gasteiger partial charge in [0.15, 0.2) is 17.0 Å². The lowest BCUT2D eigenvalue weighted by Gasteiger charge is -2.54. The van der Waals surface area contributed by atoms with E-state index in [4.69, 9.17) is 22.2 Å². The molecule has 2 unspecified atom stereocenters. The maximum absolute atomic E-state index is 14.8. The summed E-state index contributed by atoms with van der Waals surface area (Å²) in [7, 11) is 1.39. The maximum Gasteiger partial charge on any atom is 0.419 e. The van der Waals surface area contributed by atoms with Crippen LogP contribution in [0.15, 0.2) is 30.5 Å². The van der Waals surface area contributed by atoms with Gasteiger partial charge in [0.1, 0.15) is 18.0 Å². The third kappa shape index (κ3) is 3.22. The van der Waals surface area contributed by atoms with E-state index in [-0.39, 0.29) is 22.5 Å². The van der Waals surface area contributed by atoms with Crippen molar-refractivity contribution in [2.75, 3.05) is 16.8 Å². The molecule has 2 atom stereocenters. The van der Waals surface area contributed by atoms with Gasteiger partial charge in [0.2, 0.25) is 0 Å². The van der Waals surface area contributed by atoms with E-state index in [1.54, 1.807) is 11.0 Å². The Morgan fingerprint density at radius 1 is 1.32 bits per heavy atom. The van der Waals surface area contributed by atoms with Gasteiger partial charge in [-0.15, -0.1) is 0 Å². The summed E-state index contributed by atoms with van der Waals surface area (Å²) in [6.07, 6.45) is -2.29. The predicted molar refractivity (Wildman–Crippen MR) is 117 cm³/mol. The van der Waals surface area contributed by atoms with E-state index < -0.39 is 40.9 Å². The van der Waals surface area contributed by atoms with Crippen LogP contribution in [0.4, 0.5) is 28.9 Å². The van der Waals surface area contributed by atoms with Crippen LogP contribution >= 0.6 is 12.2 Å². The minimum atomic E-state index is -4.79. The van der Waals surface area contributed by atoms with Crippen LogP contribution in [0.3, 0.4) is 0 Å². The van der Waals surface area contributed by atoms with Gasteiger partial charge >= 0.3 is 6.18 Å². The molecule has 1 aromatic carbocycles. The molecule has 1 N–H and O–H groups in total. The lowest BCUT2D eigenvalue weighted by molar-refractivity contribution is -0.138. The average molecular weight is 491 g/mol. The van der Waals surface area contributed by atoms with Crippen molar-refractivity contribution < 1.29 is 27.1 Å². The van der Waals surface area contributed by atoms with Crippen molar-refractivity contribution in [3.05, 3.63) is 53.1 Å². The Morgan fingerprint density at radius 3 is 2.62 bits per heavy atom. The monoisotopic (exact) mass is 491 g/mol. The Hall–Kier alpha value is -3.30. The van der Waals surface area contributed by atoms with Crippen molar-refractivity contribution in [3.63, 3.8) is 0 Å². The van der Waals surface area contributed by atoms with Crippen molar-refractivity contribution in [1.29, 1.82) is 5.26 Å². The second-order valence-corrected chi connectivity index (χ2v) is 8.70. The summed E-state index contributed by atoms with van der Waals surface area (Å²) in [6, 6.07) is 6.37. The third-order valence-corrected chi connectivity index (χ3v) is 6.94. The summed E-state index contributed by atoms with van der Waals surface area (Å²) in [5.74, 6) is -1.34. The normalized spacial score (nSPS) is 22.6. The van der Waals surface area contributed by atoms with Crippen LogP contribution in [0.1, 0.15) is 40.9 Å². The molecule has 176 valence electrons. The molecular weight excluding hydrogens is 474 g/mol. The molecule has 2 saturated heterocycles. The summed E-state index contributed by atoms with van der Waals surface area (Å²) in [5.41, 5.74) is -2.22. The second kappa shape index (κ2) is 7.61. The number of anilines is 2. The number of carbonyl (C=O) groups is 1. The van der Waals surface area contributed by atoms with Crippen LogP contribution in [-0.2, 0) is 10.9 Å². The highest BCUT2D eigenvalue weighted by Crippen LogP contribution is 2.56. The Bertz CT molecular complexity index is 1260. The van der Waals surface area contributed by atoms with Crippen LogP contribution in [0.25, 0.3) is 0 Å². The van der Waals surface area contributed by atoms with E-state index in [9.17, 15) is 22.4 Å². The number of rotatable bonds is 3. The molecule has 5 rings (SSSR count). The minimum absolute atomic E-state index is 0.0189. The Kier molecular flexibility index (Phi) is 5.03. The number of epoxide rings is 1. The molecule has 1 saturated carbocycles. The number of pyridine rings is 1. The first kappa shape index (κ1) is 22.5. The average Bonchev–Trinajstić information content (AvgIpc) is 3.56. The number of aromatic nitrogens is 1. The number of hydrogen-bond donors (Lipinski definition) is 1. The van der Waals surface area contributed by atoms with Crippen LogP contribution in [0.2, 0.25) is 0 Å². The number of benzene rings is 1. The zero-order valence-electron chi connectivity index (χ0n) is 17.7. The van der Waals surface area contributed by atoms with Crippen LogP contribution < -0.4 is 15.1 Å². The summed E-state index contributed by atoms with van der Waals surface area (Å²) in [4.78, 5) is 18.7. The molecule has 1 aliphatic carbocycles. The van der Waals surface area contributed by atoms with Crippen molar-refractivity contribution >= 4 is 34.6 Å². The highest BCUT2D eigenvalue weighted by molar-refractivity contribution is 7.80. The molecule has 0 radical (unpaired) electrons. The number of ether oxygens (including phenoxy) is 1. The lowest BCUT2D eigenvalue weighted by Crippen LogP contribution is -2.68. The molecular formula is C22H17F4N5O2S. The Morgan fingerprint density at radius 2 is 2.06 bits per heavy atom. The van der Waals surface area contributed by atoms with E-state index in [1.807, 2.05) is 0 Å². The van der Waals surface area contributed by atoms with Gasteiger partial charge in [-0.1, -0.05) is 0 Å². The number of halogens is 4. The number of thiocarbonyl (C=S) groups is 1. The van der Waals surface area contributed by atoms with Crippen LogP contribution in [0, 0.1) is 17.1 Å². The molecule has 1 spiro atoms. The Labute approximate surface area is 196 Å². The van der Waals surface area contributed by atoms with Gasteiger partial charge in [-0.05, 0) is 55.7 Å². The van der Waals surface area contributed by atoms with Gasteiger partial charge in [-0.25, -0.2) is 9.37 Å². The zero-order valence-corrected chi connectivity index (χ0v) is 18.5. The fourth-order valence-electron chi connectivity index (χ4n) is 4.75. The molecule has 3 fully saturated rings. The number of nitriles is 1. The smallest absolute Gasteiger partial charge is 0.355 e. The fraction of sp³-hybridized carbons (Fsp3) is 0.364. The van der Waals surface area contributed by atoms with E-state index >= 15 is 0 Å². The third-order valence-electron chi connectivity index (χ3n) is 6.56. The molecule has 2 aromatic rings. The van der Waals surface area contributed by atoms with Crippen molar-refractivity contribution in [1.82, 2.24) is 10.3 Å². The molecule has 0 bridgehead atoms. The van der Waals surface area contributed by atoms with E-state index in [0.29, 0.717) is 18.5 Å². The summed E-state index contributed by atoms with van der Waals surface area (Å²) >= 11 is 5.71. The predicted octanol–water partition coefficient (Wildman–Crippen LogP) is 3.73. The molecule has 3 aliphatic rings. The Balaban J connectivity index is 1.58. The van der Waals surface area contributed by atoms with Crippen molar-refractivity contribution in [2.45, 2.75) is 43.3 Å². The number of carbonyl (C=O) groups excluding carboxylic acids is 1. The van der Waals surface area contributed by atoms with Gasteiger partial charge in [0, 0.05) is 12.7 Å². The summed E-state index contributed by atoms with van der Waals surface area (Å²) in [5, 5.41) is 11.5. The topological polar surface area (TPSA) is 84.8 Å². The molecule has 12 heteroatoms. The van der Waals surface area contributed by atoms with E-state index in [1.165, 1.54) is 30.1 Å². The van der Waals surface area contributed by atoms with E-state index in [2.05, 4.69) is 10.3 Å². The minimum Gasteiger partial charge on any atom is -0.355 e. The quantitative estimate of drug-likeness (QED) is 0.398. The number of amides is 1. The number of fused-ring (bicyclic) bond motifs is 2. The fourth-order valence-corrected chi connectivity index (χ4v) is 5.25. The summed E-state index contributed by atoms with van der Waals surface area (Å²) < 4.78 is 61.3. The molecule has 1 amide bonds. The number of alkyl halides is 3. The maximum atomic E-state index is 14.8. The molecule has 3 heterocycles. The lowest BCUT2D eigenvalue weighted by atomic mass is 9.71. The SMILES string of the molecule is CNC(=O)c1ccc(N2C(=S)N(c3cnc(C#N)c(C(F)(F)F)c3)C3OC3C23CCC3)cc1F. The largest absolute Gasteiger partial charge is 0.419 e. The van der Waals surface area contributed by atoms with Crippen LogP contribution in [0.5, 0.6) is 0 Å². The van der Waals surface area contributed by atoms with Crippen molar-refractivity contribution in [3.8, 4) is 6.07 Å². The number of nitrogens with zero attached hydrogens (tertiary/aromatic N) is 4. The van der Waals surface area contributed by atoms with Gasteiger partial charge < -0.3 is 15.0 Å². The highest BCUT2D eigenvalue weighted by atomic mass is 32.1. The van der Waals surface area contributed by atoms with Gasteiger partial charge in [-0.3, -0.25) is 9.69 Å². The summed E-state index contributed by atoms with van der Waals surface area (Å²) in [6.45, 7) is 0.